The van der Waals surface area contributed by atoms with Gasteiger partial charge in [-0.15, -0.1) is 0 Å². The normalized spacial score (nSPS) is 15.7. The molecule has 11 heteroatoms. The number of carbonyl (C=O) groups excluding carboxylic acids is 2. The van der Waals surface area contributed by atoms with Crippen molar-refractivity contribution in [3.8, 4) is 22.5 Å². The van der Waals surface area contributed by atoms with Crippen molar-refractivity contribution in [2.45, 2.75) is 19.9 Å². The summed E-state index contributed by atoms with van der Waals surface area (Å²) in [6, 6.07) is 7.74. The van der Waals surface area contributed by atoms with Crippen LogP contribution in [0.5, 0.6) is 0 Å². The highest BCUT2D eigenvalue weighted by Crippen LogP contribution is 2.30. The Morgan fingerprint density at radius 2 is 2.03 bits per heavy atom. The SMILES string of the molecule is CC1CC(=O)NN=C1c1ccc2[nH]c(-c3cc(-c4cnn(CC(=O)N(C)C)c4)cnc3N)nc2c1. The van der Waals surface area contributed by atoms with Crippen LogP contribution in [0.25, 0.3) is 33.5 Å². The molecule has 0 bridgehead atoms. The lowest BCUT2D eigenvalue weighted by Crippen LogP contribution is -2.31. The summed E-state index contributed by atoms with van der Waals surface area (Å²) >= 11 is 0. The molecule has 4 N–H and O–H groups in total. The minimum absolute atomic E-state index is 0.0186. The number of fused-ring (bicyclic) bond motifs is 1. The Labute approximate surface area is 201 Å². The maximum absolute atomic E-state index is 12.0. The van der Waals surface area contributed by atoms with Crippen molar-refractivity contribution in [3.63, 3.8) is 0 Å². The van der Waals surface area contributed by atoms with Gasteiger partial charge in [0.1, 0.15) is 18.2 Å². The molecule has 4 aromatic rings. The molecule has 0 radical (unpaired) electrons. The molecule has 178 valence electrons. The number of H-pyrrole nitrogens is 1. The Morgan fingerprint density at radius 1 is 1.20 bits per heavy atom. The molecule has 0 saturated heterocycles. The lowest BCUT2D eigenvalue weighted by atomic mass is 9.94. The fourth-order valence-corrected chi connectivity index (χ4v) is 4.00. The van der Waals surface area contributed by atoms with Crippen molar-refractivity contribution in [3.05, 3.63) is 48.4 Å². The quantitative estimate of drug-likeness (QED) is 0.406. The number of imidazole rings is 1. The van der Waals surface area contributed by atoms with Gasteiger partial charge in [-0.3, -0.25) is 14.3 Å². The van der Waals surface area contributed by atoms with E-state index < -0.39 is 0 Å². The topological polar surface area (TPSA) is 147 Å². The number of aromatic amines is 1. The van der Waals surface area contributed by atoms with Gasteiger partial charge < -0.3 is 15.6 Å². The average molecular weight is 472 g/mol. The van der Waals surface area contributed by atoms with Crippen molar-refractivity contribution < 1.29 is 9.59 Å². The molecule has 1 aliphatic rings. The minimum Gasteiger partial charge on any atom is -0.383 e. The van der Waals surface area contributed by atoms with Gasteiger partial charge in [0.05, 0.1) is 28.5 Å². The third-order valence-corrected chi connectivity index (χ3v) is 5.97. The van der Waals surface area contributed by atoms with E-state index >= 15 is 0 Å². The first-order valence-electron chi connectivity index (χ1n) is 11.1. The molecular formula is C24H25N9O2. The fraction of sp³-hybridized carbons (Fsp3) is 0.250. The standard InChI is InChI=1S/C24H25N9O2/c1-13-6-20(34)30-31-22(13)14-4-5-18-19(8-14)29-24(28-18)17-7-15(9-26-23(17)25)16-10-27-33(11-16)12-21(35)32(2)3/h4-5,7-11,13H,6,12H2,1-3H3,(H2,25,26)(H,28,29)(H,30,34). The van der Waals surface area contributed by atoms with Crippen LogP contribution in [0, 0.1) is 5.92 Å². The van der Waals surface area contributed by atoms with Gasteiger partial charge in [0.25, 0.3) is 0 Å². The number of amides is 2. The summed E-state index contributed by atoms with van der Waals surface area (Å²) in [6.07, 6.45) is 5.56. The molecule has 2 amide bonds. The van der Waals surface area contributed by atoms with Gasteiger partial charge >= 0.3 is 0 Å². The summed E-state index contributed by atoms with van der Waals surface area (Å²) in [6.45, 7) is 2.13. The molecule has 0 aliphatic carbocycles. The van der Waals surface area contributed by atoms with Crippen LogP contribution in [-0.2, 0) is 16.1 Å². The zero-order valence-electron chi connectivity index (χ0n) is 19.6. The van der Waals surface area contributed by atoms with E-state index in [9.17, 15) is 9.59 Å². The van der Waals surface area contributed by atoms with Crippen LogP contribution in [0.1, 0.15) is 18.9 Å². The van der Waals surface area contributed by atoms with Crippen molar-refractivity contribution in [2.24, 2.45) is 11.0 Å². The maximum atomic E-state index is 12.0. The molecular weight excluding hydrogens is 446 g/mol. The smallest absolute Gasteiger partial charge is 0.243 e. The molecule has 1 atom stereocenters. The molecule has 4 heterocycles. The van der Waals surface area contributed by atoms with E-state index in [4.69, 9.17) is 10.7 Å². The summed E-state index contributed by atoms with van der Waals surface area (Å²) in [5.41, 5.74) is 14.4. The number of likely N-dealkylation sites (N-methyl/N-ethyl adjacent to an activating group) is 1. The lowest BCUT2D eigenvalue weighted by Gasteiger charge is -2.18. The molecule has 3 aromatic heterocycles. The third kappa shape index (κ3) is 4.35. The number of carbonyl (C=O) groups is 2. The van der Waals surface area contributed by atoms with Crippen molar-refractivity contribution in [2.75, 3.05) is 19.8 Å². The van der Waals surface area contributed by atoms with Crippen LogP contribution in [0.2, 0.25) is 0 Å². The first-order chi connectivity index (χ1) is 16.8. The molecule has 0 spiro atoms. The Hall–Kier alpha value is -4.54. The zero-order valence-corrected chi connectivity index (χ0v) is 19.6. The highest BCUT2D eigenvalue weighted by molar-refractivity contribution is 6.07. The average Bonchev–Trinajstić information content (AvgIpc) is 3.46. The van der Waals surface area contributed by atoms with E-state index in [2.05, 4.69) is 25.6 Å². The van der Waals surface area contributed by atoms with Gasteiger partial charge in [-0.2, -0.15) is 10.2 Å². The van der Waals surface area contributed by atoms with E-state index in [-0.39, 0.29) is 24.3 Å². The van der Waals surface area contributed by atoms with Crippen molar-refractivity contribution in [1.29, 1.82) is 0 Å². The van der Waals surface area contributed by atoms with Gasteiger partial charge in [-0.25, -0.2) is 15.4 Å². The second kappa shape index (κ2) is 8.67. The van der Waals surface area contributed by atoms with Crippen molar-refractivity contribution >= 4 is 34.4 Å². The summed E-state index contributed by atoms with van der Waals surface area (Å²) < 4.78 is 1.59. The number of benzene rings is 1. The summed E-state index contributed by atoms with van der Waals surface area (Å²) in [7, 11) is 3.42. The number of anilines is 1. The predicted molar refractivity (Wildman–Crippen MR) is 132 cm³/mol. The maximum Gasteiger partial charge on any atom is 0.243 e. The number of nitrogens with zero attached hydrogens (tertiary/aromatic N) is 6. The Morgan fingerprint density at radius 3 is 2.80 bits per heavy atom. The number of hydrogen-bond donors (Lipinski definition) is 3. The van der Waals surface area contributed by atoms with Crippen LogP contribution >= 0.6 is 0 Å². The first-order valence-corrected chi connectivity index (χ1v) is 11.1. The van der Waals surface area contributed by atoms with Gasteiger partial charge in [-0.05, 0) is 18.2 Å². The molecule has 1 aliphatic heterocycles. The second-order valence-corrected chi connectivity index (χ2v) is 8.83. The number of pyridine rings is 1. The monoisotopic (exact) mass is 471 g/mol. The van der Waals surface area contributed by atoms with E-state index in [1.165, 1.54) is 4.90 Å². The Kier molecular flexibility index (Phi) is 5.51. The van der Waals surface area contributed by atoms with Crippen LogP contribution in [0.3, 0.4) is 0 Å². The van der Waals surface area contributed by atoms with Gasteiger partial charge in [-0.1, -0.05) is 13.0 Å². The molecule has 0 fully saturated rings. The highest BCUT2D eigenvalue weighted by atomic mass is 16.2. The van der Waals surface area contributed by atoms with Crippen LogP contribution in [0.15, 0.2) is 48.0 Å². The van der Waals surface area contributed by atoms with E-state index in [0.717, 1.165) is 33.4 Å². The molecule has 35 heavy (non-hydrogen) atoms. The Balaban J connectivity index is 1.46. The van der Waals surface area contributed by atoms with Gasteiger partial charge in [0.2, 0.25) is 11.8 Å². The largest absolute Gasteiger partial charge is 0.383 e. The highest BCUT2D eigenvalue weighted by Gasteiger charge is 2.22. The number of nitrogen functional groups attached to an aromatic ring is 1. The van der Waals surface area contributed by atoms with E-state index in [0.29, 0.717) is 23.6 Å². The van der Waals surface area contributed by atoms with E-state index in [1.54, 1.807) is 37.4 Å². The number of rotatable bonds is 5. The molecule has 1 unspecified atom stereocenters. The van der Waals surface area contributed by atoms with Crippen molar-refractivity contribution in [1.82, 2.24) is 35.1 Å². The predicted octanol–water partition coefficient (Wildman–Crippen LogP) is 2.02. The third-order valence-electron chi connectivity index (χ3n) is 5.97. The summed E-state index contributed by atoms with van der Waals surface area (Å²) in [5, 5.41) is 8.53. The lowest BCUT2D eigenvalue weighted by molar-refractivity contribution is -0.129. The summed E-state index contributed by atoms with van der Waals surface area (Å²) in [5.74, 6) is 0.822. The molecule has 5 rings (SSSR count). The minimum atomic E-state index is -0.0814. The molecule has 1 aromatic carbocycles. The zero-order chi connectivity index (χ0) is 24.7. The number of hydrogen-bond acceptors (Lipinski definition) is 7. The number of nitrogens with two attached hydrogens (primary N) is 1. The van der Waals surface area contributed by atoms with Crippen LogP contribution in [-0.4, -0.2) is 61.3 Å². The number of hydrazone groups is 1. The molecule has 0 saturated carbocycles. The molecule has 11 nitrogen and oxygen atoms in total. The summed E-state index contributed by atoms with van der Waals surface area (Å²) in [4.78, 5) is 37.5. The Bertz CT molecular complexity index is 1480. The number of aromatic nitrogens is 5. The van der Waals surface area contributed by atoms with E-state index in [1.807, 2.05) is 31.2 Å². The van der Waals surface area contributed by atoms with Gasteiger partial charge in [0.15, 0.2) is 0 Å². The fourth-order valence-electron chi connectivity index (χ4n) is 4.00. The van der Waals surface area contributed by atoms with Crippen LogP contribution in [0.4, 0.5) is 5.82 Å². The van der Waals surface area contributed by atoms with Gasteiger partial charge in [0, 0.05) is 55.5 Å². The van der Waals surface area contributed by atoms with Crippen LogP contribution < -0.4 is 11.2 Å². The first kappa shape index (κ1) is 22.3. The second-order valence-electron chi connectivity index (χ2n) is 8.83. The number of nitrogens with one attached hydrogen (secondary N) is 2.